The monoisotopic (exact) mass is 284 g/mol. The molecule has 1 fully saturated rings. The van der Waals surface area contributed by atoms with Crippen LogP contribution in [0.1, 0.15) is 23.1 Å². The molecular weight excluding hydrogens is 264 g/mol. The van der Waals surface area contributed by atoms with Crippen molar-refractivity contribution in [1.82, 2.24) is 10.2 Å². The van der Waals surface area contributed by atoms with Crippen LogP contribution in [0.25, 0.3) is 0 Å². The summed E-state index contributed by atoms with van der Waals surface area (Å²) in [6.45, 7) is 4.58. The fraction of sp³-hybridized carbons (Fsp3) is 0.615. The Morgan fingerprint density at radius 2 is 2.17 bits per heavy atom. The van der Waals surface area contributed by atoms with Crippen LogP contribution in [0.3, 0.4) is 0 Å². The summed E-state index contributed by atoms with van der Waals surface area (Å²) in [5.41, 5.74) is 0. The van der Waals surface area contributed by atoms with Crippen LogP contribution >= 0.6 is 23.1 Å². The van der Waals surface area contributed by atoms with E-state index in [0.717, 1.165) is 31.7 Å². The second-order valence-corrected chi connectivity index (χ2v) is 6.81. The van der Waals surface area contributed by atoms with Crippen LogP contribution in [0, 0.1) is 0 Å². The summed E-state index contributed by atoms with van der Waals surface area (Å²) in [6.07, 6.45) is 2.18. The van der Waals surface area contributed by atoms with Gasteiger partial charge >= 0.3 is 6.03 Å². The standard InChI is InChI=1S/C13H20N2OS2/c1-2-11-4-5-12(18-11)10-14-13(16)15-6-3-8-17-9-7-15/h4-5H,2-3,6-10H2,1H3,(H,14,16). The molecule has 1 aromatic heterocycles. The highest BCUT2D eigenvalue weighted by molar-refractivity contribution is 7.99. The van der Waals surface area contributed by atoms with E-state index in [4.69, 9.17) is 0 Å². The van der Waals surface area contributed by atoms with E-state index in [-0.39, 0.29) is 6.03 Å². The van der Waals surface area contributed by atoms with Crippen molar-refractivity contribution in [1.29, 1.82) is 0 Å². The predicted octanol–water partition coefficient (Wildman–Crippen LogP) is 2.96. The number of carbonyl (C=O) groups excluding carboxylic acids is 1. The summed E-state index contributed by atoms with van der Waals surface area (Å²) in [7, 11) is 0. The summed E-state index contributed by atoms with van der Waals surface area (Å²) in [6, 6.07) is 4.35. The first-order chi connectivity index (χ1) is 8.79. The molecule has 0 radical (unpaired) electrons. The zero-order chi connectivity index (χ0) is 12.8. The Balaban J connectivity index is 1.79. The summed E-state index contributed by atoms with van der Waals surface area (Å²) in [4.78, 5) is 16.6. The SMILES string of the molecule is CCc1ccc(CNC(=O)N2CCCSCC2)s1. The number of hydrogen-bond acceptors (Lipinski definition) is 3. The van der Waals surface area contributed by atoms with Gasteiger partial charge in [-0.05, 0) is 30.7 Å². The third-order valence-corrected chi connectivity index (χ3v) is 5.27. The van der Waals surface area contributed by atoms with Gasteiger partial charge in [-0.2, -0.15) is 11.8 Å². The second kappa shape index (κ2) is 7.04. The molecule has 1 aliphatic rings. The Morgan fingerprint density at radius 3 is 2.94 bits per heavy atom. The maximum absolute atomic E-state index is 12.0. The minimum atomic E-state index is 0.0870. The van der Waals surface area contributed by atoms with Gasteiger partial charge in [0, 0.05) is 28.6 Å². The minimum Gasteiger partial charge on any atom is -0.333 e. The van der Waals surface area contributed by atoms with Crippen molar-refractivity contribution in [2.75, 3.05) is 24.6 Å². The first-order valence-electron chi connectivity index (χ1n) is 6.47. The van der Waals surface area contributed by atoms with Crippen molar-refractivity contribution in [2.24, 2.45) is 0 Å². The van der Waals surface area contributed by atoms with E-state index in [1.54, 1.807) is 11.3 Å². The van der Waals surface area contributed by atoms with Crippen molar-refractivity contribution in [3.8, 4) is 0 Å². The number of carbonyl (C=O) groups is 1. The zero-order valence-electron chi connectivity index (χ0n) is 10.8. The van der Waals surface area contributed by atoms with Gasteiger partial charge < -0.3 is 10.2 Å². The van der Waals surface area contributed by atoms with Crippen LogP contribution in [0.4, 0.5) is 4.79 Å². The molecule has 5 heteroatoms. The largest absolute Gasteiger partial charge is 0.333 e. The van der Waals surface area contributed by atoms with Crippen LogP contribution in [-0.2, 0) is 13.0 Å². The summed E-state index contributed by atoms with van der Waals surface area (Å²) < 4.78 is 0. The molecule has 3 nitrogen and oxygen atoms in total. The molecule has 1 N–H and O–H groups in total. The highest BCUT2D eigenvalue weighted by Gasteiger charge is 2.15. The molecule has 0 aliphatic carbocycles. The smallest absolute Gasteiger partial charge is 0.317 e. The Hall–Kier alpha value is -0.680. The quantitative estimate of drug-likeness (QED) is 0.925. The molecule has 18 heavy (non-hydrogen) atoms. The van der Waals surface area contributed by atoms with E-state index in [9.17, 15) is 4.79 Å². The highest BCUT2D eigenvalue weighted by atomic mass is 32.2. The lowest BCUT2D eigenvalue weighted by molar-refractivity contribution is 0.201. The number of aryl methyl sites for hydroxylation is 1. The number of thioether (sulfide) groups is 1. The molecule has 1 aliphatic heterocycles. The van der Waals surface area contributed by atoms with Crippen LogP contribution in [0.2, 0.25) is 0 Å². The van der Waals surface area contributed by atoms with Gasteiger partial charge in [-0.1, -0.05) is 6.92 Å². The third-order valence-electron chi connectivity index (χ3n) is 2.99. The van der Waals surface area contributed by atoms with E-state index < -0.39 is 0 Å². The van der Waals surface area contributed by atoms with Crippen molar-refractivity contribution in [3.63, 3.8) is 0 Å². The number of amides is 2. The van der Waals surface area contributed by atoms with Gasteiger partial charge in [0.15, 0.2) is 0 Å². The van der Waals surface area contributed by atoms with Gasteiger partial charge in [0.25, 0.3) is 0 Å². The van der Waals surface area contributed by atoms with Crippen LogP contribution < -0.4 is 5.32 Å². The molecule has 0 bridgehead atoms. The lowest BCUT2D eigenvalue weighted by atomic mass is 10.3. The third kappa shape index (κ3) is 3.92. The molecule has 2 rings (SSSR count). The average molecular weight is 284 g/mol. The van der Waals surface area contributed by atoms with Gasteiger partial charge in [0.1, 0.15) is 0 Å². The van der Waals surface area contributed by atoms with Gasteiger partial charge in [0.05, 0.1) is 6.54 Å². The van der Waals surface area contributed by atoms with Gasteiger partial charge in [-0.15, -0.1) is 11.3 Å². The zero-order valence-corrected chi connectivity index (χ0v) is 12.4. The van der Waals surface area contributed by atoms with Crippen molar-refractivity contribution in [2.45, 2.75) is 26.3 Å². The Kier molecular flexibility index (Phi) is 5.38. The van der Waals surface area contributed by atoms with Crippen molar-refractivity contribution >= 4 is 29.1 Å². The molecule has 0 atom stereocenters. The number of thiophene rings is 1. The summed E-state index contributed by atoms with van der Waals surface area (Å²) in [5.74, 6) is 2.24. The number of hydrogen-bond donors (Lipinski definition) is 1. The van der Waals surface area contributed by atoms with Gasteiger partial charge in [0.2, 0.25) is 0 Å². The van der Waals surface area contributed by atoms with E-state index >= 15 is 0 Å². The number of nitrogens with zero attached hydrogens (tertiary/aromatic N) is 1. The number of nitrogens with one attached hydrogen (secondary N) is 1. The Bertz CT molecular complexity index is 384. The van der Waals surface area contributed by atoms with Gasteiger partial charge in [-0.25, -0.2) is 4.79 Å². The van der Waals surface area contributed by atoms with E-state index in [1.165, 1.54) is 15.5 Å². The molecule has 100 valence electrons. The molecule has 1 aromatic rings. The first kappa shape index (κ1) is 13.7. The number of rotatable bonds is 3. The van der Waals surface area contributed by atoms with Gasteiger partial charge in [-0.3, -0.25) is 0 Å². The number of urea groups is 1. The Labute approximate surface area is 117 Å². The maximum atomic E-state index is 12.0. The fourth-order valence-electron chi connectivity index (χ4n) is 1.93. The molecule has 0 unspecified atom stereocenters. The molecule has 2 amide bonds. The van der Waals surface area contributed by atoms with E-state index in [2.05, 4.69) is 24.4 Å². The topological polar surface area (TPSA) is 32.3 Å². The Morgan fingerprint density at radius 1 is 1.33 bits per heavy atom. The molecule has 1 saturated heterocycles. The summed E-state index contributed by atoms with van der Waals surface area (Å²) in [5, 5.41) is 3.02. The lowest BCUT2D eigenvalue weighted by Crippen LogP contribution is -2.40. The molecule has 0 spiro atoms. The molecule has 0 saturated carbocycles. The molecular formula is C13H20N2OS2. The molecule has 0 aromatic carbocycles. The van der Waals surface area contributed by atoms with Crippen LogP contribution in [0.5, 0.6) is 0 Å². The minimum absolute atomic E-state index is 0.0870. The predicted molar refractivity (Wildman–Crippen MR) is 79.4 cm³/mol. The average Bonchev–Trinajstić information content (AvgIpc) is 2.68. The van der Waals surface area contributed by atoms with Crippen LogP contribution in [-0.4, -0.2) is 35.5 Å². The second-order valence-electron chi connectivity index (χ2n) is 4.33. The van der Waals surface area contributed by atoms with Crippen LogP contribution in [0.15, 0.2) is 12.1 Å². The lowest BCUT2D eigenvalue weighted by Gasteiger charge is -2.20. The maximum Gasteiger partial charge on any atom is 0.317 e. The highest BCUT2D eigenvalue weighted by Crippen LogP contribution is 2.16. The van der Waals surface area contributed by atoms with E-state index in [1.807, 2.05) is 16.7 Å². The fourth-order valence-corrected chi connectivity index (χ4v) is 3.72. The molecule has 2 heterocycles. The van der Waals surface area contributed by atoms with Crippen molar-refractivity contribution < 1.29 is 4.79 Å². The first-order valence-corrected chi connectivity index (χ1v) is 8.45. The normalized spacial score (nSPS) is 16.4. The van der Waals surface area contributed by atoms with E-state index in [0.29, 0.717) is 6.54 Å². The van der Waals surface area contributed by atoms with Crippen molar-refractivity contribution in [3.05, 3.63) is 21.9 Å². The summed E-state index contributed by atoms with van der Waals surface area (Å²) >= 11 is 3.73.